The smallest absolute Gasteiger partial charge is 0.416 e. The maximum absolute atomic E-state index is 13.3. The third-order valence-electron chi connectivity index (χ3n) is 5.14. The summed E-state index contributed by atoms with van der Waals surface area (Å²) in [5.41, 5.74) is 0.665. The molecule has 0 aromatic heterocycles. The molecule has 13 heteroatoms. The molecule has 3 aromatic rings. The summed E-state index contributed by atoms with van der Waals surface area (Å²) in [6, 6.07) is 17.0. The largest absolute Gasteiger partial charge is 0.482 e. The van der Waals surface area contributed by atoms with E-state index in [-0.39, 0.29) is 17.2 Å². The van der Waals surface area contributed by atoms with Gasteiger partial charge in [0, 0.05) is 0 Å². The number of hydrogen-bond donors (Lipinski definition) is 1. The molecule has 0 unspecified atom stereocenters. The fourth-order valence-corrected chi connectivity index (χ4v) is 4.81. The third kappa shape index (κ3) is 9.34. The number of ether oxygens (including phenoxy) is 2. The first kappa shape index (κ1) is 31.1. The number of halogens is 3. The molecule has 3 aromatic carbocycles. The van der Waals surface area contributed by atoms with Crippen molar-refractivity contribution in [3.63, 3.8) is 0 Å². The summed E-state index contributed by atoms with van der Waals surface area (Å²) in [6.45, 7) is 4.09. The van der Waals surface area contributed by atoms with Crippen LogP contribution in [0.5, 0.6) is 5.75 Å². The third-order valence-corrected chi connectivity index (χ3v) is 6.93. The average Bonchev–Trinajstić information content (AvgIpc) is 2.90. The van der Waals surface area contributed by atoms with Crippen molar-refractivity contribution in [1.82, 2.24) is 5.43 Å². The Bertz CT molecular complexity index is 1490. The Morgan fingerprint density at radius 3 is 2.22 bits per heavy atom. The Balaban J connectivity index is 1.70. The highest BCUT2D eigenvalue weighted by Gasteiger charge is 2.33. The molecule has 0 heterocycles. The number of anilines is 1. The molecule has 0 fully saturated rings. The summed E-state index contributed by atoms with van der Waals surface area (Å²) in [5, 5.41) is 3.80. The molecule has 0 spiro atoms. The number of nitrogens with zero attached hydrogens (tertiary/aromatic N) is 2. The van der Waals surface area contributed by atoms with Gasteiger partial charge < -0.3 is 9.47 Å². The van der Waals surface area contributed by atoms with Crippen LogP contribution in [0, 0.1) is 0 Å². The van der Waals surface area contributed by atoms with Gasteiger partial charge in [0.15, 0.2) is 6.61 Å². The van der Waals surface area contributed by atoms with E-state index in [2.05, 4.69) is 10.5 Å². The molecule has 0 saturated carbocycles. The van der Waals surface area contributed by atoms with Gasteiger partial charge in [-0.3, -0.25) is 9.10 Å². The van der Waals surface area contributed by atoms with Crippen LogP contribution in [-0.2, 0) is 30.5 Å². The van der Waals surface area contributed by atoms with Crippen LogP contribution in [0.2, 0.25) is 0 Å². The normalized spacial score (nSPS) is 12.1. The van der Waals surface area contributed by atoms with Crippen LogP contribution >= 0.6 is 0 Å². The predicted octanol–water partition coefficient (Wildman–Crippen LogP) is 4.77. The summed E-state index contributed by atoms with van der Waals surface area (Å²) < 4.78 is 77.7. The van der Waals surface area contributed by atoms with E-state index in [0.29, 0.717) is 21.7 Å². The lowest BCUT2D eigenvalue weighted by Gasteiger charge is -2.24. The van der Waals surface area contributed by atoms with Crippen LogP contribution in [0.4, 0.5) is 18.9 Å². The van der Waals surface area contributed by atoms with Gasteiger partial charge in [-0.25, -0.2) is 18.6 Å². The van der Waals surface area contributed by atoms with Crippen molar-refractivity contribution in [2.75, 3.05) is 17.5 Å². The van der Waals surface area contributed by atoms with E-state index in [1.807, 2.05) is 0 Å². The molecule has 0 radical (unpaired) electrons. The van der Waals surface area contributed by atoms with Gasteiger partial charge in [0.1, 0.15) is 17.9 Å². The minimum atomic E-state index is -4.72. The summed E-state index contributed by atoms with van der Waals surface area (Å²) in [7, 11) is -4.41. The molecule has 41 heavy (non-hydrogen) atoms. The summed E-state index contributed by atoms with van der Waals surface area (Å²) in [5.74, 6) is -1.03. The molecule has 0 bridgehead atoms. The number of amides is 1. The zero-order chi connectivity index (χ0) is 30.3. The number of alkyl halides is 3. The number of rotatable bonds is 10. The first-order chi connectivity index (χ1) is 19.1. The molecule has 1 amide bonds. The monoisotopic (exact) mass is 591 g/mol. The fourth-order valence-electron chi connectivity index (χ4n) is 3.38. The van der Waals surface area contributed by atoms with Crippen LogP contribution < -0.4 is 14.5 Å². The van der Waals surface area contributed by atoms with E-state index in [9.17, 15) is 31.2 Å². The molecule has 1 N–H and O–H groups in total. The zero-order valence-corrected chi connectivity index (χ0v) is 23.2. The second-order valence-electron chi connectivity index (χ2n) is 9.61. The highest BCUT2D eigenvalue weighted by molar-refractivity contribution is 7.92. The molecule has 0 aliphatic rings. The van der Waals surface area contributed by atoms with Crippen molar-refractivity contribution < 1.29 is 40.7 Å². The number of carbonyl (C=O) groups excluding carboxylic acids is 2. The molecule has 3 rings (SSSR count). The minimum absolute atomic E-state index is 0.206. The molecule has 0 atom stereocenters. The van der Waals surface area contributed by atoms with E-state index in [1.54, 1.807) is 51.1 Å². The summed E-state index contributed by atoms with van der Waals surface area (Å²) in [6.07, 6.45) is -3.45. The number of esters is 1. The Kier molecular flexibility index (Phi) is 9.76. The highest BCUT2D eigenvalue weighted by Crippen LogP contribution is 2.33. The van der Waals surface area contributed by atoms with E-state index in [0.717, 1.165) is 12.1 Å². The maximum Gasteiger partial charge on any atom is 0.416 e. The fraction of sp³-hybridized carbons (Fsp3) is 0.250. The van der Waals surface area contributed by atoms with Crippen molar-refractivity contribution in [2.24, 2.45) is 5.10 Å². The molecule has 0 saturated heterocycles. The number of carbonyl (C=O) groups is 2. The van der Waals surface area contributed by atoms with Crippen molar-refractivity contribution in [2.45, 2.75) is 37.4 Å². The van der Waals surface area contributed by atoms with Crippen molar-refractivity contribution in [1.29, 1.82) is 0 Å². The van der Waals surface area contributed by atoms with Gasteiger partial charge in [-0.1, -0.05) is 24.3 Å². The molecular weight excluding hydrogens is 563 g/mol. The first-order valence-electron chi connectivity index (χ1n) is 12.2. The number of benzene rings is 3. The minimum Gasteiger partial charge on any atom is -0.482 e. The van der Waals surface area contributed by atoms with Crippen molar-refractivity contribution in [3.05, 3.63) is 90.0 Å². The molecular formula is C28H28F3N3O6S. The van der Waals surface area contributed by atoms with Gasteiger partial charge in [0.05, 0.1) is 22.4 Å². The molecule has 218 valence electrons. The SMILES string of the molecule is CC(C)(C)OC(=O)COc1ccc(/C=N\NC(=O)CN(c2cccc(C(F)(F)F)c2)S(=O)(=O)c2ccccc2)cc1. The van der Waals surface area contributed by atoms with Crippen LogP contribution in [-0.4, -0.2) is 45.3 Å². The van der Waals surface area contributed by atoms with Gasteiger partial charge in [0.25, 0.3) is 15.9 Å². The maximum atomic E-state index is 13.3. The van der Waals surface area contributed by atoms with Crippen molar-refractivity contribution >= 4 is 33.8 Å². The van der Waals surface area contributed by atoms with Gasteiger partial charge in [-0.2, -0.15) is 18.3 Å². The Labute approximate surface area is 235 Å². The van der Waals surface area contributed by atoms with Crippen LogP contribution in [0.1, 0.15) is 31.9 Å². The summed E-state index contributed by atoms with van der Waals surface area (Å²) in [4.78, 5) is 24.2. The van der Waals surface area contributed by atoms with Gasteiger partial charge >= 0.3 is 12.1 Å². The van der Waals surface area contributed by atoms with E-state index in [4.69, 9.17) is 9.47 Å². The quantitative estimate of drug-likeness (QED) is 0.206. The highest BCUT2D eigenvalue weighted by atomic mass is 32.2. The van der Waals surface area contributed by atoms with E-state index < -0.39 is 45.8 Å². The number of nitrogens with one attached hydrogen (secondary N) is 1. The standard InChI is InChI=1S/C28H28F3N3O6S/c1-27(2,3)40-26(36)19-39-23-14-12-20(13-15-23)17-32-33-25(35)18-34(41(37,38)24-10-5-4-6-11-24)22-9-7-8-21(16-22)28(29,30)31/h4-17H,18-19H2,1-3H3,(H,33,35)/b32-17-. The van der Waals surface area contributed by atoms with Gasteiger partial charge in [-0.15, -0.1) is 0 Å². The Morgan fingerprint density at radius 1 is 0.951 bits per heavy atom. The van der Waals surface area contributed by atoms with Gasteiger partial charge in [-0.05, 0) is 80.9 Å². The number of sulfonamides is 1. The van der Waals surface area contributed by atoms with Crippen molar-refractivity contribution in [3.8, 4) is 5.75 Å². The lowest BCUT2D eigenvalue weighted by molar-refractivity contribution is -0.157. The zero-order valence-electron chi connectivity index (χ0n) is 22.4. The second kappa shape index (κ2) is 12.9. The first-order valence-corrected chi connectivity index (χ1v) is 13.6. The van der Waals surface area contributed by atoms with Crippen LogP contribution in [0.3, 0.4) is 0 Å². The topological polar surface area (TPSA) is 114 Å². The predicted molar refractivity (Wildman–Crippen MR) is 146 cm³/mol. The second-order valence-corrected chi connectivity index (χ2v) is 11.5. The summed E-state index contributed by atoms with van der Waals surface area (Å²) >= 11 is 0. The van der Waals surface area contributed by atoms with Gasteiger partial charge in [0.2, 0.25) is 0 Å². The number of hydrogen-bond acceptors (Lipinski definition) is 7. The van der Waals surface area contributed by atoms with E-state index >= 15 is 0 Å². The molecule has 0 aliphatic heterocycles. The van der Waals surface area contributed by atoms with E-state index in [1.165, 1.54) is 36.5 Å². The van der Waals surface area contributed by atoms with Crippen LogP contribution in [0.25, 0.3) is 0 Å². The average molecular weight is 592 g/mol. The number of hydrazone groups is 1. The molecule has 9 nitrogen and oxygen atoms in total. The Hall–Kier alpha value is -4.39. The lowest BCUT2D eigenvalue weighted by atomic mass is 10.2. The Morgan fingerprint density at radius 2 is 1.61 bits per heavy atom. The lowest BCUT2D eigenvalue weighted by Crippen LogP contribution is -2.39. The van der Waals surface area contributed by atoms with Crippen LogP contribution in [0.15, 0.2) is 88.9 Å². The molecule has 0 aliphatic carbocycles.